The van der Waals surface area contributed by atoms with Crippen molar-refractivity contribution in [3.8, 4) is 0 Å². The molecule has 2 aromatic rings. The number of carbonyl (C=O) groups excluding carboxylic acids is 2. The summed E-state index contributed by atoms with van der Waals surface area (Å²) in [6.07, 6.45) is 1.36. The predicted molar refractivity (Wildman–Crippen MR) is 126 cm³/mol. The Morgan fingerprint density at radius 2 is 1.71 bits per heavy atom. The molecule has 2 unspecified atom stereocenters. The van der Waals surface area contributed by atoms with Crippen LogP contribution in [-0.2, 0) is 9.63 Å². The third-order valence-electron chi connectivity index (χ3n) is 8.05. The van der Waals surface area contributed by atoms with Crippen molar-refractivity contribution >= 4 is 34.7 Å². The van der Waals surface area contributed by atoms with Crippen LogP contribution in [0.25, 0.3) is 0 Å². The minimum absolute atomic E-state index is 0.0139. The van der Waals surface area contributed by atoms with E-state index in [1.165, 1.54) is 36.4 Å². The van der Waals surface area contributed by atoms with E-state index in [2.05, 4.69) is 10.5 Å². The summed E-state index contributed by atoms with van der Waals surface area (Å²) in [6, 6.07) is 11.1. The number of nitrogens with zero attached hydrogens (tertiary/aromatic N) is 3. The van der Waals surface area contributed by atoms with E-state index in [1.807, 2.05) is 20.8 Å². The third kappa shape index (κ3) is 3.63. The highest BCUT2D eigenvalue weighted by molar-refractivity contribution is 6.07. The van der Waals surface area contributed by atoms with Crippen molar-refractivity contribution < 1.29 is 24.3 Å². The van der Waals surface area contributed by atoms with E-state index in [4.69, 9.17) is 4.84 Å². The number of benzene rings is 2. The Morgan fingerprint density at radius 3 is 2.40 bits per heavy atom. The highest BCUT2D eigenvalue weighted by Crippen LogP contribution is 2.71. The van der Waals surface area contributed by atoms with Crippen LogP contribution in [0.2, 0.25) is 0 Å². The van der Waals surface area contributed by atoms with Gasteiger partial charge in [0.15, 0.2) is 0 Å². The van der Waals surface area contributed by atoms with Crippen molar-refractivity contribution in [3.05, 3.63) is 74.3 Å². The topological polar surface area (TPSA) is 154 Å². The highest BCUT2D eigenvalue weighted by Gasteiger charge is 2.71. The van der Waals surface area contributed by atoms with Gasteiger partial charge < -0.3 is 10.2 Å². The number of carbonyl (C=O) groups is 2. The lowest BCUT2D eigenvalue weighted by molar-refractivity contribution is -0.384. The number of para-hydroxylation sites is 2. The molecular formula is C24H24N4O7. The number of oxime groups is 1. The Balaban J connectivity index is 1.60. The zero-order valence-electron chi connectivity index (χ0n) is 19.4. The summed E-state index contributed by atoms with van der Waals surface area (Å²) in [5.74, 6) is -1.19. The number of fused-ring (bicyclic) bond motifs is 2. The monoisotopic (exact) mass is 480 g/mol. The largest absolute Gasteiger partial charge is 0.365 e. The van der Waals surface area contributed by atoms with Gasteiger partial charge in [0.25, 0.3) is 11.4 Å². The zero-order chi connectivity index (χ0) is 25.6. The van der Waals surface area contributed by atoms with Crippen LogP contribution < -0.4 is 5.32 Å². The molecule has 0 radical (unpaired) electrons. The van der Waals surface area contributed by atoms with Gasteiger partial charge in [-0.3, -0.25) is 25.0 Å². The maximum absolute atomic E-state index is 13.6. The second-order valence-electron chi connectivity index (χ2n) is 9.67. The molecule has 2 aliphatic rings. The number of nitrogens with one attached hydrogen (secondary N) is 1. The molecule has 2 fully saturated rings. The summed E-state index contributed by atoms with van der Waals surface area (Å²) in [4.78, 5) is 52.4. The number of anilines is 1. The molecule has 4 rings (SSSR count). The van der Waals surface area contributed by atoms with Gasteiger partial charge in [-0.05, 0) is 30.4 Å². The Bertz CT molecular complexity index is 1290. The first-order valence-corrected chi connectivity index (χ1v) is 11.0. The first kappa shape index (κ1) is 24.0. The minimum Gasteiger partial charge on any atom is -0.320 e. The first-order chi connectivity index (χ1) is 16.4. The molecule has 1 amide bonds. The van der Waals surface area contributed by atoms with Crippen LogP contribution in [0.4, 0.5) is 17.1 Å². The van der Waals surface area contributed by atoms with Gasteiger partial charge in [-0.2, -0.15) is 0 Å². The van der Waals surface area contributed by atoms with E-state index < -0.39 is 32.1 Å². The number of rotatable bonds is 6. The van der Waals surface area contributed by atoms with Gasteiger partial charge in [0.2, 0.25) is 5.91 Å². The molecule has 2 bridgehead atoms. The Morgan fingerprint density at radius 1 is 1.00 bits per heavy atom. The van der Waals surface area contributed by atoms with Crippen molar-refractivity contribution in [3.63, 3.8) is 0 Å². The van der Waals surface area contributed by atoms with E-state index in [0.29, 0.717) is 18.6 Å². The van der Waals surface area contributed by atoms with Crippen LogP contribution >= 0.6 is 0 Å². The van der Waals surface area contributed by atoms with Gasteiger partial charge in [0, 0.05) is 30.0 Å². The average Bonchev–Trinajstić information content (AvgIpc) is 3.13. The molecule has 1 N–H and O–H groups in total. The fourth-order valence-corrected chi connectivity index (χ4v) is 5.40. The normalized spacial score (nSPS) is 25.3. The smallest absolute Gasteiger partial charge is 0.320 e. The molecule has 11 heteroatoms. The van der Waals surface area contributed by atoms with E-state index in [9.17, 15) is 29.8 Å². The third-order valence-corrected chi connectivity index (χ3v) is 8.05. The summed E-state index contributed by atoms with van der Waals surface area (Å²) < 4.78 is 0. The van der Waals surface area contributed by atoms with Crippen molar-refractivity contribution in [2.75, 3.05) is 5.32 Å². The quantitative estimate of drug-likeness (QED) is 0.351. The van der Waals surface area contributed by atoms with E-state index in [1.54, 1.807) is 6.07 Å². The van der Waals surface area contributed by atoms with Crippen LogP contribution in [0.1, 0.15) is 50.4 Å². The van der Waals surface area contributed by atoms with Gasteiger partial charge in [0.1, 0.15) is 5.69 Å². The van der Waals surface area contributed by atoms with Crippen LogP contribution in [0.5, 0.6) is 0 Å². The lowest BCUT2D eigenvalue weighted by atomic mass is 9.64. The van der Waals surface area contributed by atoms with Crippen LogP contribution in [0.15, 0.2) is 53.7 Å². The van der Waals surface area contributed by atoms with Gasteiger partial charge in [-0.15, -0.1) is 0 Å². The van der Waals surface area contributed by atoms with Crippen molar-refractivity contribution in [2.24, 2.45) is 21.4 Å². The number of amides is 1. The fraction of sp³-hybridized carbons (Fsp3) is 0.375. The molecule has 0 heterocycles. The van der Waals surface area contributed by atoms with Gasteiger partial charge in [0.05, 0.1) is 26.5 Å². The number of nitro groups is 2. The van der Waals surface area contributed by atoms with E-state index in [-0.39, 0.29) is 35.0 Å². The minimum atomic E-state index is -0.914. The standard InChI is InChI=1S/C24H24N4O7/c1-22(2)23(3)11-12-24(22,21(30)25-17-9-4-5-10-18(17)28(33)34)14-19(23)26-35-20(29)15-7-6-8-16(13-15)27(31)32/h4-10,13H,11-12,14H2,1-3H3,(H,25,30). The molecule has 0 aromatic heterocycles. The van der Waals surface area contributed by atoms with E-state index in [0.717, 1.165) is 6.07 Å². The molecule has 0 spiro atoms. The molecule has 2 aromatic carbocycles. The molecule has 0 saturated heterocycles. The number of nitro benzene ring substituents is 2. The summed E-state index contributed by atoms with van der Waals surface area (Å²) >= 11 is 0. The van der Waals surface area contributed by atoms with Crippen molar-refractivity contribution in [1.29, 1.82) is 0 Å². The number of hydrogen-bond donors (Lipinski definition) is 1. The van der Waals surface area contributed by atoms with Crippen molar-refractivity contribution in [1.82, 2.24) is 0 Å². The van der Waals surface area contributed by atoms with E-state index >= 15 is 0 Å². The molecule has 2 saturated carbocycles. The zero-order valence-corrected chi connectivity index (χ0v) is 19.4. The second-order valence-corrected chi connectivity index (χ2v) is 9.67. The Kier molecular flexibility index (Phi) is 5.66. The maximum atomic E-state index is 13.6. The predicted octanol–water partition coefficient (Wildman–Crippen LogP) is 4.87. The number of non-ortho nitro benzene ring substituents is 1. The summed E-state index contributed by atoms with van der Waals surface area (Å²) in [6.45, 7) is 5.85. The molecule has 182 valence electrons. The molecule has 0 aliphatic heterocycles. The van der Waals surface area contributed by atoms with Gasteiger partial charge in [-0.1, -0.05) is 44.1 Å². The maximum Gasteiger partial charge on any atom is 0.365 e. The van der Waals surface area contributed by atoms with Gasteiger partial charge >= 0.3 is 5.97 Å². The lowest BCUT2D eigenvalue weighted by Gasteiger charge is -2.39. The number of hydrogen-bond acceptors (Lipinski definition) is 8. The summed E-state index contributed by atoms with van der Waals surface area (Å²) in [5, 5.41) is 29.2. The van der Waals surface area contributed by atoms with Gasteiger partial charge in [-0.25, -0.2) is 4.79 Å². The SMILES string of the molecule is CC12CCC(C(=O)Nc3ccccc3[N+](=O)[O-])(CC1=NOC(=O)c1cccc([N+](=O)[O-])c1)C2(C)C. The second kappa shape index (κ2) is 8.26. The van der Waals surface area contributed by atoms with Crippen LogP contribution in [-0.4, -0.2) is 27.4 Å². The molecule has 35 heavy (non-hydrogen) atoms. The first-order valence-electron chi connectivity index (χ1n) is 11.0. The lowest BCUT2D eigenvalue weighted by Crippen LogP contribution is -2.43. The average molecular weight is 480 g/mol. The van der Waals surface area contributed by atoms with Crippen molar-refractivity contribution in [2.45, 2.75) is 40.0 Å². The summed E-state index contributed by atoms with van der Waals surface area (Å²) in [5.41, 5.74) is -1.88. The fourth-order valence-electron chi connectivity index (χ4n) is 5.40. The molecule has 2 aliphatic carbocycles. The molecule has 11 nitrogen and oxygen atoms in total. The van der Waals surface area contributed by atoms with Crippen LogP contribution in [0.3, 0.4) is 0 Å². The highest BCUT2D eigenvalue weighted by atomic mass is 16.7. The molecular weight excluding hydrogens is 456 g/mol. The summed E-state index contributed by atoms with van der Waals surface area (Å²) in [7, 11) is 0. The van der Waals surface area contributed by atoms with Crippen LogP contribution in [0, 0.1) is 36.5 Å². The Labute approximate surface area is 200 Å². The Hall–Kier alpha value is -4.15. The molecule has 2 atom stereocenters.